The van der Waals surface area contributed by atoms with E-state index >= 15 is 0 Å². The van der Waals surface area contributed by atoms with Gasteiger partial charge in [0.1, 0.15) is 5.82 Å². The van der Waals surface area contributed by atoms with Gasteiger partial charge in [0.2, 0.25) is 0 Å². The van der Waals surface area contributed by atoms with E-state index in [9.17, 15) is 17.6 Å². The van der Waals surface area contributed by atoms with Gasteiger partial charge in [-0.3, -0.25) is 9.63 Å². The molecule has 0 bridgehead atoms. The molecule has 2 atom stereocenters. The highest BCUT2D eigenvalue weighted by atomic mass is 32.2. The van der Waals surface area contributed by atoms with Gasteiger partial charge in [-0.25, -0.2) is 12.8 Å². The number of sulfonamides is 1. The number of halogens is 1. The first-order valence-corrected chi connectivity index (χ1v) is 9.10. The maximum atomic E-state index is 13.2. The second kappa shape index (κ2) is 6.91. The van der Waals surface area contributed by atoms with Crippen LogP contribution in [0.25, 0.3) is 0 Å². The van der Waals surface area contributed by atoms with Crippen LogP contribution in [0.15, 0.2) is 53.4 Å². The van der Waals surface area contributed by atoms with E-state index in [1.807, 2.05) is 11.0 Å². The van der Waals surface area contributed by atoms with Crippen LogP contribution in [0.5, 0.6) is 0 Å². The summed E-state index contributed by atoms with van der Waals surface area (Å²) in [7, 11) is -2.55. The van der Waals surface area contributed by atoms with E-state index in [1.165, 1.54) is 43.5 Å². The van der Waals surface area contributed by atoms with Crippen molar-refractivity contribution in [2.75, 3.05) is 7.11 Å². The number of amides is 1. The van der Waals surface area contributed by atoms with Crippen molar-refractivity contribution in [3.8, 4) is 0 Å². The highest BCUT2D eigenvalue weighted by Crippen LogP contribution is 2.41. The van der Waals surface area contributed by atoms with Gasteiger partial charge >= 0.3 is 0 Å². The number of rotatable bonds is 6. The molecule has 6 nitrogen and oxygen atoms in total. The van der Waals surface area contributed by atoms with E-state index in [-0.39, 0.29) is 28.6 Å². The van der Waals surface area contributed by atoms with Gasteiger partial charge in [-0.15, -0.1) is 0 Å². The van der Waals surface area contributed by atoms with Crippen LogP contribution in [0.3, 0.4) is 0 Å². The van der Waals surface area contributed by atoms with Crippen LogP contribution in [0.2, 0.25) is 0 Å². The van der Waals surface area contributed by atoms with Crippen LogP contribution in [-0.2, 0) is 14.9 Å². The molecule has 2 aromatic rings. The third-order valence-corrected chi connectivity index (χ3v) is 5.28. The molecule has 1 aliphatic rings. The zero-order valence-corrected chi connectivity index (χ0v) is 14.2. The highest BCUT2D eigenvalue weighted by Gasteiger charge is 2.39. The molecule has 132 valence electrons. The summed E-state index contributed by atoms with van der Waals surface area (Å²) in [5.41, 5.74) is 1.21. The SMILES string of the molecule is CONS(=O)(=O)c1ccc(C(=O)NC2CC2c2cccc(F)c2)cc1. The lowest BCUT2D eigenvalue weighted by atomic mass is 10.1. The Labute approximate surface area is 145 Å². The van der Waals surface area contributed by atoms with Crippen LogP contribution in [0, 0.1) is 5.82 Å². The standard InChI is InChI=1S/C17H17FN2O4S/c1-24-20-25(22,23)14-7-5-11(6-8-14)17(21)19-16-10-15(16)12-3-2-4-13(18)9-12/h2-9,15-16,20H,10H2,1H3,(H,19,21). The summed E-state index contributed by atoms with van der Waals surface area (Å²) in [6.07, 6.45) is 0.749. The number of nitrogens with one attached hydrogen (secondary N) is 2. The molecular formula is C17H17FN2O4S. The molecule has 1 saturated carbocycles. The van der Waals surface area contributed by atoms with Gasteiger partial charge in [-0.2, -0.15) is 0 Å². The Morgan fingerprint density at radius 1 is 1.20 bits per heavy atom. The van der Waals surface area contributed by atoms with Gasteiger partial charge in [0, 0.05) is 17.5 Å². The van der Waals surface area contributed by atoms with E-state index in [0.717, 1.165) is 12.0 Å². The minimum atomic E-state index is -3.75. The van der Waals surface area contributed by atoms with E-state index in [2.05, 4.69) is 10.2 Å². The lowest BCUT2D eigenvalue weighted by Crippen LogP contribution is -2.27. The molecule has 8 heteroatoms. The predicted octanol–water partition coefficient (Wildman–Crippen LogP) is 1.95. The first kappa shape index (κ1) is 17.5. The summed E-state index contributed by atoms with van der Waals surface area (Å²) in [5.74, 6) is -0.492. The molecule has 0 radical (unpaired) electrons. The molecule has 2 aromatic carbocycles. The van der Waals surface area contributed by atoms with E-state index < -0.39 is 10.0 Å². The molecule has 1 fully saturated rings. The minimum absolute atomic E-state index is 0.00467. The van der Waals surface area contributed by atoms with E-state index in [4.69, 9.17) is 0 Å². The number of benzene rings is 2. The van der Waals surface area contributed by atoms with E-state index in [1.54, 1.807) is 6.07 Å². The van der Waals surface area contributed by atoms with Gasteiger partial charge in [-0.1, -0.05) is 17.0 Å². The Bertz CT molecular complexity index is 884. The van der Waals surface area contributed by atoms with Crippen LogP contribution >= 0.6 is 0 Å². The topological polar surface area (TPSA) is 84.5 Å². The van der Waals surface area contributed by atoms with Gasteiger partial charge in [0.25, 0.3) is 15.9 Å². The zero-order valence-electron chi connectivity index (χ0n) is 13.4. The molecule has 1 aliphatic carbocycles. The number of hydrogen-bond acceptors (Lipinski definition) is 4. The van der Waals surface area contributed by atoms with Crippen molar-refractivity contribution < 1.29 is 22.4 Å². The van der Waals surface area contributed by atoms with Gasteiger partial charge in [0.15, 0.2) is 0 Å². The predicted molar refractivity (Wildman–Crippen MR) is 88.8 cm³/mol. The average molecular weight is 364 g/mol. The minimum Gasteiger partial charge on any atom is -0.349 e. The van der Waals surface area contributed by atoms with Crippen molar-refractivity contribution in [2.45, 2.75) is 23.3 Å². The lowest BCUT2D eigenvalue weighted by molar-refractivity contribution is 0.0950. The highest BCUT2D eigenvalue weighted by molar-refractivity contribution is 7.89. The van der Waals surface area contributed by atoms with Crippen LogP contribution < -0.4 is 10.2 Å². The monoisotopic (exact) mass is 364 g/mol. The van der Waals surface area contributed by atoms with Crippen molar-refractivity contribution in [1.29, 1.82) is 0 Å². The number of carbonyl (C=O) groups excluding carboxylic acids is 1. The Morgan fingerprint density at radius 2 is 1.92 bits per heavy atom. The Kier molecular flexibility index (Phi) is 4.85. The van der Waals surface area contributed by atoms with Crippen LogP contribution in [0.1, 0.15) is 28.3 Å². The number of hydrogen-bond donors (Lipinski definition) is 2. The maximum Gasteiger partial charge on any atom is 0.262 e. The second-order valence-electron chi connectivity index (χ2n) is 5.79. The van der Waals surface area contributed by atoms with Crippen LogP contribution in [0.4, 0.5) is 4.39 Å². The fourth-order valence-corrected chi connectivity index (χ4v) is 3.47. The molecule has 0 aliphatic heterocycles. The molecule has 2 N–H and O–H groups in total. The van der Waals surface area contributed by atoms with Crippen molar-refractivity contribution in [2.24, 2.45) is 0 Å². The smallest absolute Gasteiger partial charge is 0.262 e. The Morgan fingerprint density at radius 3 is 2.56 bits per heavy atom. The molecular weight excluding hydrogens is 347 g/mol. The molecule has 1 amide bonds. The van der Waals surface area contributed by atoms with Crippen molar-refractivity contribution in [1.82, 2.24) is 10.2 Å². The number of carbonyl (C=O) groups is 1. The first-order chi connectivity index (χ1) is 11.9. The maximum absolute atomic E-state index is 13.2. The van der Waals surface area contributed by atoms with Gasteiger partial charge in [0.05, 0.1) is 12.0 Å². The summed E-state index contributed by atoms with van der Waals surface area (Å²) in [4.78, 5) is 18.6. The summed E-state index contributed by atoms with van der Waals surface area (Å²) < 4.78 is 36.8. The molecule has 3 rings (SSSR count). The van der Waals surface area contributed by atoms with E-state index in [0.29, 0.717) is 5.56 Å². The van der Waals surface area contributed by atoms with Gasteiger partial charge in [-0.05, 0) is 48.4 Å². The third-order valence-electron chi connectivity index (χ3n) is 4.00. The van der Waals surface area contributed by atoms with Crippen molar-refractivity contribution in [3.63, 3.8) is 0 Å². The zero-order chi connectivity index (χ0) is 18.0. The quantitative estimate of drug-likeness (QED) is 0.768. The molecule has 0 aromatic heterocycles. The first-order valence-electron chi connectivity index (χ1n) is 7.62. The second-order valence-corrected chi connectivity index (χ2v) is 7.44. The van der Waals surface area contributed by atoms with Gasteiger partial charge < -0.3 is 5.32 Å². The summed E-state index contributed by atoms with van der Waals surface area (Å²) in [6, 6.07) is 11.8. The molecule has 25 heavy (non-hydrogen) atoms. The summed E-state index contributed by atoms with van der Waals surface area (Å²) in [5, 5.41) is 2.87. The molecule has 2 unspecified atom stereocenters. The fourth-order valence-electron chi connectivity index (χ4n) is 2.66. The lowest BCUT2D eigenvalue weighted by Gasteiger charge is -2.07. The Balaban J connectivity index is 1.63. The Hall–Kier alpha value is -2.29. The van der Waals surface area contributed by atoms with Crippen molar-refractivity contribution >= 4 is 15.9 Å². The normalized spacial score (nSPS) is 19.4. The average Bonchev–Trinajstić information content (AvgIpc) is 3.34. The molecule has 0 spiro atoms. The summed E-state index contributed by atoms with van der Waals surface area (Å²) >= 11 is 0. The molecule has 0 heterocycles. The molecule has 0 saturated heterocycles. The fraction of sp³-hybridized carbons (Fsp3) is 0.235. The summed E-state index contributed by atoms with van der Waals surface area (Å²) in [6.45, 7) is 0. The largest absolute Gasteiger partial charge is 0.349 e. The third kappa shape index (κ3) is 4.04. The van der Waals surface area contributed by atoms with Crippen LogP contribution in [-0.4, -0.2) is 27.5 Å². The van der Waals surface area contributed by atoms with Crippen molar-refractivity contribution in [3.05, 3.63) is 65.5 Å².